The van der Waals surface area contributed by atoms with Crippen LogP contribution in [0.2, 0.25) is 0 Å². The Balaban J connectivity index is 0.940. The van der Waals surface area contributed by atoms with Crippen LogP contribution in [0.4, 0.5) is 27.7 Å². The quantitative estimate of drug-likeness (QED) is 0.315. The molecule has 0 spiro atoms. The minimum atomic E-state index is -0.255. The Morgan fingerprint density at radius 3 is 2.68 bits per heavy atom. The molecule has 4 aromatic rings. The Kier molecular flexibility index (Phi) is 6.94. The molecule has 228 valence electrons. The number of nitrogens with one attached hydrogen (secondary N) is 2. The zero-order valence-corrected chi connectivity index (χ0v) is 25.1. The number of rotatable bonds is 5. The number of nitrogens with two attached hydrogens (primary N) is 1. The van der Waals surface area contributed by atoms with Gasteiger partial charge in [0.15, 0.2) is 5.82 Å². The molecule has 3 aliphatic heterocycles. The Labute approximate surface area is 256 Å². The van der Waals surface area contributed by atoms with Crippen LogP contribution in [-0.2, 0) is 12.8 Å². The number of likely N-dealkylation sites (tertiary alicyclic amines) is 1. The summed E-state index contributed by atoms with van der Waals surface area (Å²) in [6.45, 7) is 5.28. The summed E-state index contributed by atoms with van der Waals surface area (Å²) in [6, 6.07) is 16.2. The third-order valence-corrected chi connectivity index (χ3v) is 10.2. The Morgan fingerprint density at radius 1 is 0.977 bits per heavy atom. The molecule has 2 aromatic carbocycles. The second-order valence-corrected chi connectivity index (χ2v) is 13.0. The van der Waals surface area contributed by atoms with Gasteiger partial charge in [-0.2, -0.15) is 9.67 Å². The number of fused-ring (bicyclic) bond motifs is 4. The van der Waals surface area contributed by atoms with E-state index in [-0.39, 0.29) is 17.7 Å². The van der Waals surface area contributed by atoms with E-state index < -0.39 is 0 Å². The van der Waals surface area contributed by atoms with E-state index in [4.69, 9.17) is 5.73 Å². The lowest BCUT2D eigenvalue weighted by Crippen LogP contribution is -2.44. The molecule has 3 unspecified atom stereocenters. The van der Waals surface area contributed by atoms with Crippen LogP contribution in [0.3, 0.4) is 0 Å². The smallest absolute Gasteiger partial charge is 0.248 e. The first-order chi connectivity index (χ1) is 21.5. The maximum atomic E-state index is 15.4. The second kappa shape index (κ2) is 11.1. The minimum absolute atomic E-state index is 0.183. The van der Waals surface area contributed by atoms with Crippen molar-refractivity contribution in [3.63, 3.8) is 0 Å². The van der Waals surface area contributed by atoms with E-state index >= 15 is 4.39 Å². The van der Waals surface area contributed by atoms with Crippen LogP contribution in [0.25, 0.3) is 17.1 Å². The number of hydrogen-bond acceptors (Lipinski definition) is 9. The van der Waals surface area contributed by atoms with Gasteiger partial charge in [0.25, 0.3) is 0 Å². The highest BCUT2D eigenvalue weighted by Crippen LogP contribution is 2.38. The molecule has 3 atom stereocenters. The molecule has 0 radical (unpaired) electrons. The lowest BCUT2D eigenvalue weighted by atomic mass is 9.81. The average Bonchev–Trinajstić information content (AvgIpc) is 3.66. The van der Waals surface area contributed by atoms with Crippen LogP contribution in [0.5, 0.6) is 0 Å². The predicted octanol–water partition coefficient (Wildman–Crippen LogP) is 4.04. The molecule has 1 aliphatic carbocycles. The number of benzene rings is 2. The highest BCUT2D eigenvalue weighted by molar-refractivity contribution is 5.68. The first-order valence-corrected chi connectivity index (χ1v) is 15.9. The van der Waals surface area contributed by atoms with E-state index in [1.165, 1.54) is 29.4 Å². The van der Waals surface area contributed by atoms with Gasteiger partial charge in [0.05, 0.1) is 11.4 Å². The minimum Gasteiger partial charge on any atom is -0.369 e. The number of hydrogen-bond donors (Lipinski definition) is 3. The third kappa shape index (κ3) is 4.97. The molecule has 0 bridgehead atoms. The zero-order valence-electron chi connectivity index (χ0n) is 25.1. The maximum Gasteiger partial charge on any atom is 0.248 e. The number of halogens is 1. The van der Waals surface area contributed by atoms with E-state index in [1.807, 2.05) is 24.3 Å². The molecule has 10 nitrogen and oxygen atoms in total. The van der Waals surface area contributed by atoms with Crippen LogP contribution in [0.15, 0.2) is 48.5 Å². The summed E-state index contributed by atoms with van der Waals surface area (Å²) in [7, 11) is 2.24. The summed E-state index contributed by atoms with van der Waals surface area (Å²) < 4.78 is 16.9. The fourth-order valence-electron chi connectivity index (χ4n) is 8.09. The fraction of sp³-hybridized carbons (Fsp3) is 0.455. The largest absolute Gasteiger partial charge is 0.369 e. The summed E-state index contributed by atoms with van der Waals surface area (Å²) in [4.78, 5) is 9.03. The monoisotopic (exact) mass is 594 g/mol. The number of piperidine rings is 1. The highest BCUT2D eigenvalue weighted by Gasteiger charge is 2.44. The van der Waals surface area contributed by atoms with Crippen molar-refractivity contribution in [1.82, 2.24) is 35.2 Å². The lowest BCUT2D eigenvalue weighted by molar-refractivity contribution is 0.253. The standard InChI is InChI=1S/C33H39FN10/c1-42-18-23-17-36-30(26(23)19-42)21-11-13-43(14-12-21)28-10-9-24(16-27(28)34)37-33-38-32(35)44(41-33)29-15-22-7-4-6-20-5-2-3-8-25(20)31(22)40-39-29/h2-3,5,8-10,15-16,21,23,26,30,36H,4,6-7,11-14,17-19H2,1H3,(H3,35,37,38,41). The van der Waals surface area contributed by atoms with Gasteiger partial charge in [-0.3, -0.25) is 0 Å². The van der Waals surface area contributed by atoms with Crippen molar-refractivity contribution in [3.05, 3.63) is 65.5 Å². The normalized spacial score (nSPS) is 23.7. The van der Waals surface area contributed by atoms with Gasteiger partial charge >= 0.3 is 0 Å². The predicted molar refractivity (Wildman–Crippen MR) is 170 cm³/mol. The van der Waals surface area contributed by atoms with Crippen LogP contribution in [0.1, 0.15) is 30.4 Å². The van der Waals surface area contributed by atoms with E-state index in [0.717, 1.165) is 80.4 Å². The van der Waals surface area contributed by atoms with Gasteiger partial charge in [-0.15, -0.1) is 15.3 Å². The number of aryl methyl sites for hydroxylation is 2. The van der Waals surface area contributed by atoms with Crippen LogP contribution in [0, 0.1) is 23.6 Å². The van der Waals surface area contributed by atoms with Gasteiger partial charge in [-0.05, 0) is 98.8 Å². The van der Waals surface area contributed by atoms with Crippen LogP contribution >= 0.6 is 0 Å². The molecular formula is C33H39FN10. The fourth-order valence-corrected chi connectivity index (χ4v) is 8.09. The molecule has 3 saturated heterocycles. The van der Waals surface area contributed by atoms with Crippen molar-refractivity contribution in [2.45, 2.75) is 38.1 Å². The molecule has 11 heteroatoms. The molecule has 44 heavy (non-hydrogen) atoms. The number of aromatic nitrogens is 5. The summed E-state index contributed by atoms with van der Waals surface area (Å²) in [5.41, 5.74) is 11.9. The molecule has 8 rings (SSSR count). The van der Waals surface area contributed by atoms with Crippen molar-refractivity contribution >= 4 is 23.3 Å². The van der Waals surface area contributed by atoms with E-state index in [0.29, 0.717) is 29.2 Å². The average molecular weight is 595 g/mol. The van der Waals surface area contributed by atoms with E-state index in [2.05, 4.69) is 66.0 Å². The van der Waals surface area contributed by atoms with Crippen molar-refractivity contribution < 1.29 is 4.39 Å². The molecule has 2 aromatic heterocycles. The Hall–Kier alpha value is -4.09. The number of nitrogen functional groups attached to an aromatic ring is 1. The summed E-state index contributed by atoms with van der Waals surface area (Å²) >= 11 is 0. The summed E-state index contributed by atoms with van der Waals surface area (Å²) in [5, 5.41) is 20.5. The molecule has 4 aliphatic rings. The van der Waals surface area contributed by atoms with Gasteiger partial charge in [0.1, 0.15) is 5.82 Å². The van der Waals surface area contributed by atoms with E-state index in [1.54, 1.807) is 0 Å². The highest BCUT2D eigenvalue weighted by atomic mass is 19.1. The van der Waals surface area contributed by atoms with Crippen LogP contribution < -0.4 is 21.3 Å². The molecule has 4 N–H and O–H groups in total. The second-order valence-electron chi connectivity index (χ2n) is 13.0. The SMILES string of the molecule is CN1CC2CNC(C3CCN(c4ccc(Nc5nc(N)n(-c6cc7c(nn6)-c6ccccc6CCC7)n5)cc4F)CC3)C2C1. The van der Waals surface area contributed by atoms with Gasteiger partial charge in [0, 0.05) is 43.5 Å². The van der Waals surface area contributed by atoms with Crippen molar-refractivity contribution in [1.29, 1.82) is 0 Å². The molecule has 3 fully saturated rings. The summed E-state index contributed by atoms with van der Waals surface area (Å²) in [6.07, 6.45) is 5.10. The van der Waals surface area contributed by atoms with Crippen molar-refractivity contribution in [2.75, 3.05) is 55.7 Å². The number of anilines is 4. The lowest BCUT2D eigenvalue weighted by Gasteiger charge is -2.38. The van der Waals surface area contributed by atoms with Gasteiger partial charge in [-0.1, -0.05) is 24.3 Å². The first-order valence-electron chi connectivity index (χ1n) is 15.9. The summed E-state index contributed by atoms with van der Waals surface area (Å²) in [5.74, 6) is 2.91. The molecule has 5 heterocycles. The van der Waals surface area contributed by atoms with Gasteiger partial charge < -0.3 is 26.2 Å². The van der Waals surface area contributed by atoms with Gasteiger partial charge in [0.2, 0.25) is 11.9 Å². The third-order valence-electron chi connectivity index (χ3n) is 10.2. The topological polar surface area (TPSA) is 113 Å². The van der Waals surface area contributed by atoms with E-state index in [9.17, 15) is 0 Å². The maximum absolute atomic E-state index is 15.4. The van der Waals surface area contributed by atoms with Crippen molar-refractivity contribution in [3.8, 4) is 17.1 Å². The number of nitrogens with zero attached hydrogens (tertiary/aromatic N) is 7. The molecular weight excluding hydrogens is 555 g/mol. The van der Waals surface area contributed by atoms with Gasteiger partial charge in [-0.25, -0.2) is 4.39 Å². The first kappa shape index (κ1) is 27.5. The molecule has 0 amide bonds. The Morgan fingerprint density at radius 2 is 1.82 bits per heavy atom. The zero-order chi connectivity index (χ0) is 29.8. The van der Waals surface area contributed by atoms with Crippen LogP contribution in [-0.4, -0.2) is 75.7 Å². The van der Waals surface area contributed by atoms with Crippen molar-refractivity contribution in [2.24, 2.45) is 17.8 Å². The molecule has 0 saturated carbocycles. The Bertz CT molecular complexity index is 1680.